The van der Waals surface area contributed by atoms with Gasteiger partial charge in [-0.15, -0.1) is 6.58 Å². The Morgan fingerprint density at radius 1 is 1.57 bits per heavy atom. The predicted molar refractivity (Wildman–Crippen MR) is 20.4 cm³/mol. The van der Waals surface area contributed by atoms with Crippen molar-refractivity contribution in [2.75, 3.05) is 0 Å². The molecular formula is C2H5NaO3Si. The van der Waals surface area contributed by atoms with Crippen molar-refractivity contribution in [2.45, 2.75) is 0 Å². The Labute approximate surface area is 65.0 Å². The molecule has 0 aliphatic carbocycles. The molecule has 3 nitrogen and oxygen atoms in total. The topological polar surface area (TPSA) is 63.5 Å². The van der Waals surface area contributed by atoms with Crippen molar-refractivity contribution in [2.24, 2.45) is 0 Å². The van der Waals surface area contributed by atoms with E-state index in [0.717, 1.165) is 0 Å². The summed E-state index contributed by atoms with van der Waals surface area (Å²) in [7, 11) is -4.12. The Hall–Kier alpha value is 0.837. The summed E-state index contributed by atoms with van der Waals surface area (Å²) < 4.78 is 0. The van der Waals surface area contributed by atoms with E-state index in [1.807, 2.05) is 0 Å². The third-order valence-corrected chi connectivity index (χ3v) is 0.798. The molecule has 0 saturated carbocycles. The quantitative estimate of drug-likeness (QED) is 0.348. The van der Waals surface area contributed by atoms with Crippen molar-refractivity contribution in [1.82, 2.24) is 0 Å². The van der Waals surface area contributed by atoms with E-state index in [1.54, 1.807) is 0 Å². The average molecular weight is 128 g/mol. The van der Waals surface area contributed by atoms with Crippen molar-refractivity contribution in [3.63, 3.8) is 0 Å². The number of hydrogen-bond donors (Lipinski definition) is 2. The zero-order valence-corrected chi connectivity index (χ0v) is 7.09. The first-order valence-corrected chi connectivity index (χ1v) is 3.23. The molecule has 0 unspecified atom stereocenters. The van der Waals surface area contributed by atoms with Crippen LogP contribution in [0.25, 0.3) is 0 Å². The second-order valence-corrected chi connectivity index (χ2v) is 2.59. The number of rotatable bonds is 1. The van der Waals surface area contributed by atoms with Gasteiger partial charge < -0.3 is 14.4 Å². The minimum atomic E-state index is -4.12. The molecule has 0 radical (unpaired) electrons. The second-order valence-electron chi connectivity index (χ2n) is 0.863. The van der Waals surface area contributed by atoms with Crippen LogP contribution < -0.4 is 34.4 Å². The molecule has 0 saturated heterocycles. The van der Waals surface area contributed by atoms with Gasteiger partial charge in [0.2, 0.25) is 0 Å². The van der Waals surface area contributed by atoms with Crippen LogP contribution in [0.3, 0.4) is 0 Å². The van der Waals surface area contributed by atoms with Gasteiger partial charge in [-0.1, -0.05) is 5.70 Å². The molecule has 0 fully saturated rings. The molecule has 0 amide bonds. The van der Waals surface area contributed by atoms with Gasteiger partial charge in [0.05, 0.1) is 0 Å². The fraction of sp³-hybridized carbons (Fsp3) is 0. The Morgan fingerprint density at radius 3 is 1.71 bits per heavy atom. The van der Waals surface area contributed by atoms with E-state index in [2.05, 4.69) is 6.58 Å². The summed E-state index contributed by atoms with van der Waals surface area (Å²) in [5, 5.41) is 0. The van der Waals surface area contributed by atoms with Gasteiger partial charge >= 0.3 is 29.6 Å². The molecule has 0 aromatic heterocycles. The Morgan fingerprint density at radius 2 is 1.71 bits per heavy atom. The Kier molecular flexibility index (Phi) is 5.83. The average Bonchev–Trinajstić information content (AvgIpc) is 1.35. The van der Waals surface area contributed by atoms with E-state index in [1.165, 1.54) is 0 Å². The van der Waals surface area contributed by atoms with Gasteiger partial charge in [-0.05, 0) is 0 Å². The smallest absolute Gasteiger partial charge is 0.813 e. The first kappa shape index (κ1) is 10.8. The summed E-state index contributed by atoms with van der Waals surface area (Å²) in [6.45, 7) is 2.88. The van der Waals surface area contributed by atoms with Crippen molar-refractivity contribution in [3.8, 4) is 0 Å². The molecule has 0 atom stereocenters. The van der Waals surface area contributed by atoms with E-state index in [9.17, 15) is 4.80 Å². The molecular weight excluding hydrogens is 123 g/mol. The van der Waals surface area contributed by atoms with Gasteiger partial charge in [-0.2, -0.15) is 0 Å². The van der Waals surface area contributed by atoms with Gasteiger partial charge in [0.15, 0.2) is 0 Å². The van der Waals surface area contributed by atoms with Crippen LogP contribution in [0.1, 0.15) is 0 Å². The van der Waals surface area contributed by atoms with Crippen LogP contribution in [0.5, 0.6) is 0 Å². The van der Waals surface area contributed by atoms with E-state index in [-0.39, 0.29) is 29.6 Å². The van der Waals surface area contributed by atoms with Crippen molar-refractivity contribution in [1.29, 1.82) is 0 Å². The summed E-state index contributed by atoms with van der Waals surface area (Å²) in [5.41, 5.74) is 0.632. The summed E-state index contributed by atoms with van der Waals surface area (Å²) in [6, 6.07) is 0. The molecule has 0 aliphatic rings. The van der Waals surface area contributed by atoms with E-state index >= 15 is 0 Å². The van der Waals surface area contributed by atoms with Crippen LogP contribution >= 0.6 is 0 Å². The third-order valence-electron chi connectivity index (χ3n) is 0.266. The molecule has 0 aromatic rings. The zero-order chi connectivity index (χ0) is 5.21. The van der Waals surface area contributed by atoms with E-state index in [0.29, 0.717) is 5.70 Å². The monoisotopic (exact) mass is 128 g/mol. The largest absolute Gasteiger partial charge is 1.00 e. The standard InChI is InChI=1S/C2H5O3Si.Na/c1-2-6(3,4)5;/h2-4H,1H2;/q-1;+1. The van der Waals surface area contributed by atoms with Crippen LogP contribution in [0.2, 0.25) is 0 Å². The maximum absolute atomic E-state index is 9.60. The first-order valence-electron chi connectivity index (χ1n) is 1.35. The summed E-state index contributed by atoms with van der Waals surface area (Å²) in [5.74, 6) is 0. The summed E-state index contributed by atoms with van der Waals surface area (Å²) >= 11 is 0. The molecule has 36 valence electrons. The molecule has 0 aromatic carbocycles. The van der Waals surface area contributed by atoms with Gasteiger partial charge in [-0.3, -0.25) is 0 Å². The Balaban J connectivity index is 0. The first-order chi connectivity index (χ1) is 2.56. The Bertz CT molecular complexity index is 58.4. The fourth-order valence-corrected chi connectivity index (χ4v) is 0. The third kappa shape index (κ3) is 10.9. The fourth-order valence-electron chi connectivity index (χ4n) is 0. The number of hydrogen-bond acceptors (Lipinski definition) is 3. The van der Waals surface area contributed by atoms with Crippen molar-refractivity contribution >= 4 is 8.80 Å². The van der Waals surface area contributed by atoms with Gasteiger partial charge in [-0.25, -0.2) is 0 Å². The van der Waals surface area contributed by atoms with Gasteiger partial charge in [0.1, 0.15) is 0 Å². The van der Waals surface area contributed by atoms with E-state index in [4.69, 9.17) is 9.59 Å². The van der Waals surface area contributed by atoms with Crippen LogP contribution in [-0.4, -0.2) is 18.4 Å². The molecule has 0 aliphatic heterocycles. The minimum absolute atomic E-state index is 0. The van der Waals surface area contributed by atoms with Crippen LogP contribution in [0, 0.1) is 0 Å². The second kappa shape index (κ2) is 3.79. The van der Waals surface area contributed by atoms with Crippen LogP contribution in [-0.2, 0) is 0 Å². The molecule has 0 spiro atoms. The molecule has 0 rings (SSSR count). The van der Waals surface area contributed by atoms with Gasteiger partial charge in [0, 0.05) is 0 Å². The van der Waals surface area contributed by atoms with Gasteiger partial charge in [0.25, 0.3) is 8.80 Å². The maximum atomic E-state index is 9.60. The van der Waals surface area contributed by atoms with Crippen molar-refractivity contribution < 1.29 is 43.9 Å². The van der Waals surface area contributed by atoms with E-state index < -0.39 is 8.80 Å². The van der Waals surface area contributed by atoms with Crippen LogP contribution in [0.15, 0.2) is 12.3 Å². The molecule has 7 heavy (non-hydrogen) atoms. The predicted octanol–water partition coefficient (Wildman–Crippen LogP) is -5.00. The SMILES string of the molecule is C=C[Si]([O-])(O)O.[Na+]. The maximum Gasteiger partial charge on any atom is 1.00 e. The normalized spacial score (nSPS) is 9.57. The van der Waals surface area contributed by atoms with Crippen LogP contribution in [0.4, 0.5) is 0 Å². The minimum Gasteiger partial charge on any atom is -0.813 e. The molecule has 5 heteroatoms. The molecule has 0 bridgehead atoms. The summed E-state index contributed by atoms with van der Waals surface area (Å²) in [6.07, 6.45) is 0. The zero-order valence-electron chi connectivity index (χ0n) is 4.09. The molecule has 0 heterocycles. The molecule has 2 N–H and O–H groups in total. The summed E-state index contributed by atoms with van der Waals surface area (Å²) in [4.78, 5) is 25.3. The van der Waals surface area contributed by atoms with Crippen molar-refractivity contribution in [3.05, 3.63) is 12.3 Å².